The zero-order valence-electron chi connectivity index (χ0n) is 9.96. The second-order valence-corrected chi connectivity index (χ2v) is 4.63. The van der Waals surface area contributed by atoms with Crippen molar-refractivity contribution in [2.75, 3.05) is 6.54 Å². The summed E-state index contributed by atoms with van der Waals surface area (Å²) in [4.78, 5) is 0. The molecule has 0 saturated heterocycles. The summed E-state index contributed by atoms with van der Waals surface area (Å²) >= 11 is 6.11. The lowest BCUT2D eigenvalue weighted by molar-refractivity contribution is 0.147. The molecule has 3 N–H and O–H groups in total. The van der Waals surface area contributed by atoms with Crippen LogP contribution in [-0.4, -0.2) is 11.7 Å². The van der Waals surface area contributed by atoms with Crippen molar-refractivity contribution >= 4 is 11.6 Å². The molecule has 0 fully saturated rings. The number of hydrogen-bond acceptors (Lipinski definition) is 2. The maximum Gasteiger partial charge on any atom is 0.0885 e. The number of aliphatic hydroxyl groups excluding tert-OH is 1. The maximum atomic E-state index is 10.5. The van der Waals surface area contributed by atoms with Gasteiger partial charge in [0, 0.05) is 17.5 Å². The Kier molecular flexibility index (Phi) is 4.37. The molecule has 3 heteroatoms. The smallest absolute Gasteiger partial charge is 0.0885 e. The number of benzene rings is 2. The Morgan fingerprint density at radius 3 is 2.22 bits per heavy atom. The second kappa shape index (κ2) is 6.01. The molecule has 18 heavy (non-hydrogen) atoms. The molecule has 0 aliphatic rings. The molecule has 2 atom stereocenters. The number of hydrogen-bond donors (Lipinski definition) is 2. The van der Waals surface area contributed by atoms with E-state index in [4.69, 9.17) is 17.3 Å². The van der Waals surface area contributed by atoms with Gasteiger partial charge in [-0.05, 0) is 17.2 Å². The number of halogens is 1. The summed E-state index contributed by atoms with van der Waals surface area (Å²) in [6.45, 7) is 0.371. The highest BCUT2D eigenvalue weighted by Gasteiger charge is 2.22. The number of aliphatic hydroxyl groups is 1. The molecule has 0 amide bonds. The van der Waals surface area contributed by atoms with E-state index < -0.39 is 6.10 Å². The minimum absolute atomic E-state index is 0.147. The highest BCUT2D eigenvalue weighted by Crippen LogP contribution is 2.33. The molecule has 2 unspecified atom stereocenters. The van der Waals surface area contributed by atoms with Gasteiger partial charge in [-0.25, -0.2) is 0 Å². The van der Waals surface area contributed by atoms with Gasteiger partial charge in [0.25, 0.3) is 0 Å². The Hall–Kier alpha value is -1.35. The minimum atomic E-state index is -0.689. The van der Waals surface area contributed by atoms with Gasteiger partial charge in [-0.1, -0.05) is 60.1 Å². The molecule has 0 saturated carbocycles. The predicted molar refractivity (Wildman–Crippen MR) is 74.6 cm³/mol. The largest absolute Gasteiger partial charge is 0.388 e. The highest BCUT2D eigenvalue weighted by atomic mass is 35.5. The molecule has 94 valence electrons. The van der Waals surface area contributed by atoms with E-state index in [-0.39, 0.29) is 5.92 Å². The van der Waals surface area contributed by atoms with Crippen molar-refractivity contribution in [3.8, 4) is 0 Å². The van der Waals surface area contributed by atoms with E-state index in [0.717, 1.165) is 11.1 Å². The Labute approximate surface area is 112 Å². The standard InChI is InChI=1S/C15H16ClNO/c16-14-9-5-4-8-12(14)15(18)13(10-17)11-6-2-1-3-7-11/h1-9,13,15,18H,10,17H2. The number of rotatable bonds is 4. The Balaban J connectivity index is 2.32. The van der Waals surface area contributed by atoms with Gasteiger partial charge in [0.2, 0.25) is 0 Å². The lowest BCUT2D eigenvalue weighted by Gasteiger charge is -2.23. The normalized spacial score (nSPS) is 14.2. The molecule has 0 spiro atoms. The van der Waals surface area contributed by atoms with E-state index in [9.17, 15) is 5.11 Å². The third kappa shape index (κ3) is 2.72. The minimum Gasteiger partial charge on any atom is -0.388 e. The van der Waals surface area contributed by atoms with Crippen LogP contribution >= 0.6 is 11.6 Å². The molecule has 0 aliphatic heterocycles. The molecule has 0 bridgehead atoms. The van der Waals surface area contributed by atoms with Gasteiger partial charge < -0.3 is 10.8 Å². The van der Waals surface area contributed by atoms with E-state index in [0.29, 0.717) is 11.6 Å². The fraction of sp³-hybridized carbons (Fsp3) is 0.200. The van der Waals surface area contributed by atoms with Crippen LogP contribution in [-0.2, 0) is 0 Å². The second-order valence-electron chi connectivity index (χ2n) is 4.22. The molecule has 2 aromatic carbocycles. The molecule has 0 heterocycles. The highest BCUT2D eigenvalue weighted by molar-refractivity contribution is 6.31. The first-order valence-electron chi connectivity index (χ1n) is 5.91. The fourth-order valence-corrected chi connectivity index (χ4v) is 2.33. The van der Waals surface area contributed by atoms with Crippen LogP contribution in [0, 0.1) is 0 Å². The van der Waals surface area contributed by atoms with Crippen molar-refractivity contribution < 1.29 is 5.11 Å². The van der Waals surface area contributed by atoms with Gasteiger partial charge in [-0.2, -0.15) is 0 Å². The summed E-state index contributed by atoms with van der Waals surface area (Å²) in [7, 11) is 0. The maximum absolute atomic E-state index is 10.5. The summed E-state index contributed by atoms with van der Waals surface area (Å²) in [6, 6.07) is 17.1. The van der Waals surface area contributed by atoms with Crippen LogP contribution in [0.15, 0.2) is 54.6 Å². The van der Waals surface area contributed by atoms with Gasteiger partial charge in [-0.15, -0.1) is 0 Å². The van der Waals surface area contributed by atoms with E-state index in [1.165, 1.54) is 0 Å². The van der Waals surface area contributed by atoms with Crippen LogP contribution < -0.4 is 5.73 Å². The predicted octanol–water partition coefficient (Wildman–Crippen LogP) is 3.12. The van der Waals surface area contributed by atoms with Crippen molar-refractivity contribution in [2.45, 2.75) is 12.0 Å². The average Bonchev–Trinajstić information content (AvgIpc) is 2.41. The molecule has 0 aromatic heterocycles. The molecule has 2 rings (SSSR count). The van der Waals surface area contributed by atoms with Crippen LogP contribution in [0.2, 0.25) is 5.02 Å². The topological polar surface area (TPSA) is 46.2 Å². The first kappa shape index (κ1) is 13.1. The summed E-state index contributed by atoms with van der Waals surface area (Å²) in [5, 5.41) is 11.0. The molecule has 0 radical (unpaired) electrons. The van der Waals surface area contributed by atoms with Crippen molar-refractivity contribution in [1.29, 1.82) is 0 Å². The van der Waals surface area contributed by atoms with Gasteiger partial charge in [0.05, 0.1) is 6.10 Å². The third-order valence-electron chi connectivity index (χ3n) is 3.09. The Morgan fingerprint density at radius 2 is 1.61 bits per heavy atom. The van der Waals surface area contributed by atoms with Gasteiger partial charge in [0.15, 0.2) is 0 Å². The van der Waals surface area contributed by atoms with Crippen LogP contribution in [0.1, 0.15) is 23.1 Å². The van der Waals surface area contributed by atoms with Crippen LogP contribution in [0.25, 0.3) is 0 Å². The van der Waals surface area contributed by atoms with Crippen molar-refractivity contribution in [3.05, 3.63) is 70.7 Å². The monoisotopic (exact) mass is 261 g/mol. The first-order valence-corrected chi connectivity index (χ1v) is 6.29. The molecular weight excluding hydrogens is 246 g/mol. The Bertz CT molecular complexity index is 501. The van der Waals surface area contributed by atoms with E-state index >= 15 is 0 Å². The van der Waals surface area contributed by atoms with Gasteiger partial charge in [0.1, 0.15) is 0 Å². The summed E-state index contributed by atoms with van der Waals surface area (Å²) in [5.74, 6) is -0.147. The van der Waals surface area contributed by atoms with Crippen molar-refractivity contribution in [2.24, 2.45) is 5.73 Å². The van der Waals surface area contributed by atoms with Crippen LogP contribution in [0.5, 0.6) is 0 Å². The van der Waals surface area contributed by atoms with Crippen molar-refractivity contribution in [3.63, 3.8) is 0 Å². The van der Waals surface area contributed by atoms with Gasteiger partial charge in [-0.3, -0.25) is 0 Å². The molecule has 0 aliphatic carbocycles. The molecule has 2 nitrogen and oxygen atoms in total. The van der Waals surface area contributed by atoms with Gasteiger partial charge >= 0.3 is 0 Å². The first-order chi connectivity index (χ1) is 8.74. The fourth-order valence-electron chi connectivity index (χ4n) is 2.08. The summed E-state index contributed by atoms with van der Waals surface area (Å²) < 4.78 is 0. The van der Waals surface area contributed by atoms with Crippen LogP contribution in [0.3, 0.4) is 0 Å². The van der Waals surface area contributed by atoms with E-state index in [2.05, 4.69) is 0 Å². The summed E-state index contributed by atoms with van der Waals surface area (Å²) in [6.07, 6.45) is -0.689. The van der Waals surface area contributed by atoms with E-state index in [1.807, 2.05) is 48.5 Å². The number of nitrogens with two attached hydrogens (primary N) is 1. The molecule has 2 aromatic rings. The Morgan fingerprint density at radius 1 is 1.00 bits per heavy atom. The van der Waals surface area contributed by atoms with Crippen LogP contribution in [0.4, 0.5) is 0 Å². The lowest BCUT2D eigenvalue weighted by atomic mass is 9.89. The SMILES string of the molecule is NCC(c1ccccc1)C(O)c1ccccc1Cl. The third-order valence-corrected chi connectivity index (χ3v) is 3.43. The zero-order valence-corrected chi connectivity index (χ0v) is 10.7. The van der Waals surface area contributed by atoms with E-state index in [1.54, 1.807) is 6.07 Å². The quantitative estimate of drug-likeness (QED) is 0.888. The lowest BCUT2D eigenvalue weighted by Crippen LogP contribution is -2.20. The summed E-state index contributed by atoms with van der Waals surface area (Å²) in [5.41, 5.74) is 7.53. The zero-order chi connectivity index (χ0) is 13.0. The van der Waals surface area contributed by atoms with Crippen molar-refractivity contribution in [1.82, 2.24) is 0 Å². The average molecular weight is 262 g/mol. The molecular formula is C15H16ClNO.